The molecular weight excluding hydrogens is 821 g/mol. The van der Waals surface area contributed by atoms with Gasteiger partial charge in [0.05, 0.1) is 11.0 Å². The van der Waals surface area contributed by atoms with Crippen molar-refractivity contribution in [3.8, 4) is 50.2 Å². The molecule has 13 rings (SSSR count). The molecule has 0 saturated carbocycles. The minimum Gasteiger partial charge on any atom is -0.310 e. The summed E-state index contributed by atoms with van der Waals surface area (Å²) in [6, 6.07) is 87.4. The predicted molar refractivity (Wildman–Crippen MR) is 289 cm³/mol. The first kappa shape index (κ1) is 39.9. The molecule has 0 saturated heterocycles. The molecule has 0 fully saturated rings. The zero-order chi connectivity index (χ0) is 45.5. The van der Waals surface area contributed by atoms with Crippen LogP contribution in [0.4, 0.5) is 17.1 Å². The van der Waals surface area contributed by atoms with Gasteiger partial charge in [0.15, 0.2) is 0 Å². The van der Waals surface area contributed by atoms with Gasteiger partial charge in [-0.05, 0) is 151 Å². The van der Waals surface area contributed by atoms with Crippen LogP contribution in [0.25, 0.3) is 93.5 Å². The van der Waals surface area contributed by atoms with Crippen molar-refractivity contribution in [2.75, 3.05) is 4.90 Å². The molecule has 0 atom stereocenters. The summed E-state index contributed by atoms with van der Waals surface area (Å²) in [6.07, 6.45) is 0. The third-order valence-electron chi connectivity index (χ3n) is 14.6. The highest BCUT2D eigenvalue weighted by Crippen LogP contribution is 2.53. The number of fused-ring (bicyclic) bond motifs is 8. The molecule has 0 N–H and O–H groups in total. The Bertz CT molecular complexity index is 3860. The standard InChI is InChI=1S/C66H48N2/c1-43-26-37-58-59(40-43)64(46-29-27-45(28-30-46)44-16-6-4-7-17-44)56-22-10-11-23-57(56)65(58)47-31-38-52-53-39-36-51(42-61(53)66(2,3)60(52)41-47)67(48-18-8-5-9-19-48)49-32-34-50(35-33-49)68-62-24-14-12-20-54(62)55-21-13-15-25-63(55)68/h4-42H,1-3H3. The number of benzene rings is 11. The van der Waals surface area contributed by atoms with Gasteiger partial charge in [-0.1, -0.05) is 189 Å². The number of hydrogen-bond donors (Lipinski definition) is 0. The molecule has 1 aliphatic rings. The van der Waals surface area contributed by atoms with E-state index in [1.807, 2.05) is 0 Å². The highest BCUT2D eigenvalue weighted by molar-refractivity contribution is 6.21. The summed E-state index contributed by atoms with van der Waals surface area (Å²) in [7, 11) is 0. The third-order valence-corrected chi connectivity index (χ3v) is 14.6. The lowest BCUT2D eigenvalue weighted by atomic mass is 9.80. The van der Waals surface area contributed by atoms with E-state index >= 15 is 0 Å². The van der Waals surface area contributed by atoms with Gasteiger partial charge in [-0.2, -0.15) is 0 Å². The predicted octanol–water partition coefficient (Wildman–Crippen LogP) is 18.2. The van der Waals surface area contributed by atoms with E-state index < -0.39 is 0 Å². The van der Waals surface area contributed by atoms with Crippen LogP contribution in [0.15, 0.2) is 237 Å². The van der Waals surface area contributed by atoms with Crippen molar-refractivity contribution in [1.29, 1.82) is 0 Å². The maximum atomic E-state index is 2.49. The molecule has 11 aromatic carbocycles. The fourth-order valence-corrected chi connectivity index (χ4v) is 11.4. The van der Waals surface area contributed by atoms with Gasteiger partial charge in [0.25, 0.3) is 0 Å². The Hall–Kier alpha value is -8.46. The van der Waals surface area contributed by atoms with E-state index in [-0.39, 0.29) is 5.41 Å². The molecule has 12 aromatic rings. The van der Waals surface area contributed by atoms with Crippen LogP contribution >= 0.6 is 0 Å². The Morgan fingerprint density at radius 1 is 0.338 bits per heavy atom. The Morgan fingerprint density at radius 2 is 0.809 bits per heavy atom. The molecule has 0 radical (unpaired) electrons. The highest BCUT2D eigenvalue weighted by Gasteiger charge is 2.37. The maximum absolute atomic E-state index is 2.49. The number of aryl methyl sites for hydroxylation is 1. The molecule has 1 aromatic heterocycles. The second-order valence-corrected chi connectivity index (χ2v) is 19.0. The van der Waals surface area contributed by atoms with Crippen molar-refractivity contribution >= 4 is 60.4 Å². The van der Waals surface area contributed by atoms with E-state index in [1.54, 1.807) is 0 Å². The van der Waals surface area contributed by atoms with Crippen LogP contribution in [0.3, 0.4) is 0 Å². The molecule has 0 spiro atoms. The van der Waals surface area contributed by atoms with Gasteiger partial charge in [0.1, 0.15) is 0 Å². The molecule has 322 valence electrons. The Balaban J connectivity index is 0.906. The molecule has 0 aliphatic heterocycles. The lowest BCUT2D eigenvalue weighted by molar-refractivity contribution is 0.660. The van der Waals surface area contributed by atoms with Crippen LogP contribution in [0.5, 0.6) is 0 Å². The van der Waals surface area contributed by atoms with E-state index in [4.69, 9.17) is 0 Å². The fourth-order valence-electron chi connectivity index (χ4n) is 11.4. The Kier molecular flexibility index (Phi) is 9.13. The van der Waals surface area contributed by atoms with Crippen molar-refractivity contribution in [1.82, 2.24) is 4.57 Å². The molecule has 1 heterocycles. The molecular formula is C66H48N2. The summed E-state index contributed by atoms with van der Waals surface area (Å²) in [5.74, 6) is 0. The fraction of sp³-hybridized carbons (Fsp3) is 0.0606. The van der Waals surface area contributed by atoms with E-state index in [2.05, 4.69) is 267 Å². The summed E-state index contributed by atoms with van der Waals surface area (Å²) < 4.78 is 2.39. The quantitative estimate of drug-likeness (QED) is 0.145. The molecule has 0 unspecified atom stereocenters. The summed E-state index contributed by atoms with van der Waals surface area (Å²) in [5.41, 5.74) is 20.7. The van der Waals surface area contributed by atoms with Crippen molar-refractivity contribution in [2.24, 2.45) is 0 Å². The van der Waals surface area contributed by atoms with Gasteiger partial charge in [-0.3, -0.25) is 0 Å². The summed E-state index contributed by atoms with van der Waals surface area (Å²) in [5, 5.41) is 7.62. The lowest BCUT2D eigenvalue weighted by Crippen LogP contribution is -2.16. The first-order valence-corrected chi connectivity index (χ1v) is 23.8. The van der Waals surface area contributed by atoms with Gasteiger partial charge < -0.3 is 9.47 Å². The zero-order valence-corrected chi connectivity index (χ0v) is 38.4. The van der Waals surface area contributed by atoms with Gasteiger partial charge in [0.2, 0.25) is 0 Å². The third kappa shape index (κ3) is 6.25. The topological polar surface area (TPSA) is 8.17 Å². The van der Waals surface area contributed by atoms with E-state index in [9.17, 15) is 0 Å². The normalized spacial score (nSPS) is 12.8. The van der Waals surface area contributed by atoms with Crippen LogP contribution in [-0.2, 0) is 5.41 Å². The number of aromatic nitrogens is 1. The lowest BCUT2D eigenvalue weighted by Gasteiger charge is -2.28. The molecule has 1 aliphatic carbocycles. The van der Waals surface area contributed by atoms with Crippen LogP contribution < -0.4 is 4.90 Å². The number of para-hydroxylation sites is 3. The number of rotatable bonds is 7. The number of hydrogen-bond acceptors (Lipinski definition) is 1. The van der Waals surface area contributed by atoms with Crippen molar-refractivity contribution in [2.45, 2.75) is 26.2 Å². The highest BCUT2D eigenvalue weighted by atomic mass is 15.1. The average Bonchev–Trinajstić information content (AvgIpc) is 3.84. The Labute approximate surface area is 397 Å². The van der Waals surface area contributed by atoms with Gasteiger partial charge in [-0.15, -0.1) is 0 Å². The summed E-state index contributed by atoms with van der Waals surface area (Å²) in [6.45, 7) is 7.02. The van der Waals surface area contributed by atoms with E-state index in [1.165, 1.54) is 105 Å². The monoisotopic (exact) mass is 868 g/mol. The second kappa shape index (κ2) is 15.6. The molecule has 68 heavy (non-hydrogen) atoms. The van der Waals surface area contributed by atoms with Crippen molar-refractivity contribution in [3.05, 3.63) is 253 Å². The Morgan fingerprint density at radius 3 is 1.47 bits per heavy atom. The molecule has 2 heteroatoms. The number of nitrogens with zero attached hydrogens (tertiary/aromatic N) is 2. The summed E-state index contributed by atoms with van der Waals surface area (Å²) in [4.78, 5) is 2.40. The van der Waals surface area contributed by atoms with Crippen molar-refractivity contribution in [3.63, 3.8) is 0 Å². The van der Waals surface area contributed by atoms with Crippen LogP contribution in [0.2, 0.25) is 0 Å². The van der Waals surface area contributed by atoms with Gasteiger partial charge in [0, 0.05) is 38.9 Å². The van der Waals surface area contributed by atoms with Crippen LogP contribution in [0, 0.1) is 6.92 Å². The van der Waals surface area contributed by atoms with E-state index in [0.29, 0.717) is 0 Å². The van der Waals surface area contributed by atoms with Gasteiger partial charge >= 0.3 is 0 Å². The average molecular weight is 869 g/mol. The zero-order valence-electron chi connectivity index (χ0n) is 38.4. The maximum Gasteiger partial charge on any atom is 0.0541 e. The van der Waals surface area contributed by atoms with Crippen molar-refractivity contribution < 1.29 is 0 Å². The molecule has 0 amide bonds. The molecule has 0 bridgehead atoms. The summed E-state index contributed by atoms with van der Waals surface area (Å²) >= 11 is 0. The SMILES string of the molecule is Cc1ccc2c(-c3ccc4c(c3)C(C)(C)c3cc(N(c5ccccc5)c5ccc(-n6c7ccccc7c7ccccc76)cc5)ccc3-4)c3ccccc3c(-c3ccc(-c4ccccc4)cc3)c2c1. The van der Waals surface area contributed by atoms with Crippen LogP contribution in [0.1, 0.15) is 30.5 Å². The molecule has 2 nitrogen and oxygen atoms in total. The second-order valence-electron chi connectivity index (χ2n) is 19.0. The van der Waals surface area contributed by atoms with Gasteiger partial charge in [-0.25, -0.2) is 0 Å². The number of anilines is 3. The minimum atomic E-state index is -0.248. The minimum absolute atomic E-state index is 0.248. The largest absolute Gasteiger partial charge is 0.310 e. The first-order chi connectivity index (χ1) is 33.4. The smallest absolute Gasteiger partial charge is 0.0541 e. The van der Waals surface area contributed by atoms with Crippen LogP contribution in [-0.4, -0.2) is 4.57 Å². The first-order valence-electron chi connectivity index (χ1n) is 23.8. The van der Waals surface area contributed by atoms with E-state index in [0.717, 1.165) is 22.7 Å².